The van der Waals surface area contributed by atoms with Crippen molar-refractivity contribution in [2.24, 2.45) is 5.73 Å². The highest BCUT2D eigenvalue weighted by atomic mass is 35.5. The molecule has 0 aliphatic carbocycles. The number of carbonyl (C=O) groups is 2. The van der Waals surface area contributed by atoms with E-state index in [1.54, 1.807) is 18.2 Å². The zero-order valence-electron chi connectivity index (χ0n) is 13.4. The molecule has 0 aliphatic rings. The molecule has 124 valence electrons. The van der Waals surface area contributed by atoms with E-state index >= 15 is 0 Å². The molecule has 0 saturated carbocycles. The number of nitrogens with two attached hydrogens (primary N) is 1. The Kier molecular flexibility index (Phi) is 6.15. The first-order valence-corrected chi connectivity index (χ1v) is 7.92. The zero-order chi connectivity index (χ0) is 17.5. The Morgan fingerprint density at radius 2 is 1.75 bits per heavy atom. The van der Waals surface area contributed by atoms with E-state index in [4.69, 9.17) is 17.3 Å². The predicted molar refractivity (Wildman–Crippen MR) is 96.3 cm³/mol. The van der Waals surface area contributed by atoms with E-state index < -0.39 is 5.91 Å². The molecule has 24 heavy (non-hydrogen) atoms. The number of halogens is 1. The molecule has 0 heterocycles. The summed E-state index contributed by atoms with van der Waals surface area (Å²) in [7, 11) is 0. The molecule has 1 atom stereocenters. The summed E-state index contributed by atoms with van der Waals surface area (Å²) in [6.07, 6.45) is 3.16. The van der Waals surface area contributed by atoms with Gasteiger partial charge in [0.25, 0.3) is 0 Å². The lowest BCUT2D eigenvalue weighted by Gasteiger charge is -2.27. The number of amides is 2. The molecule has 0 fully saturated rings. The van der Waals surface area contributed by atoms with Gasteiger partial charge in [-0.05, 0) is 36.3 Å². The summed E-state index contributed by atoms with van der Waals surface area (Å²) in [5.41, 5.74) is 7.08. The van der Waals surface area contributed by atoms with Gasteiger partial charge in [0, 0.05) is 11.1 Å². The van der Waals surface area contributed by atoms with Crippen LogP contribution in [-0.4, -0.2) is 23.3 Å². The van der Waals surface area contributed by atoms with Crippen molar-refractivity contribution in [2.75, 3.05) is 6.54 Å². The molecular formula is C19H19ClN2O2. The largest absolute Gasteiger partial charge is 0.368 e. The quantitative estimate of drug-likeness (QED) is 0.817. The first-order chi connectivity index (χ1) is 11.5. The molecule has 4 nitrogen and oxygen atoms in total. The van der Waals surface area contributed by atoms with E-state index in [9.17, 15) is 9.59 Å². The minimum absolute atomic E-state index is 0.151. The van der Waals surface area contributed by atoms with Crippen molar-refractivity contribution in [1.82, 2.24) is 4.90 Å². The van der Waals surface area contributed by atoms with Gasteiger partial charge in [-0.15, -0.1) is 0 Å². The fourth-order valence-electron chi connectivity index (χ4n) is 2.32. The van der Waals surface area contributed by atoms with Crippen LogP contribution in [0.4, 0.5) is 0 Å². The van der Waals surface area contributed by atoms with Crippen LogP contribution in [0.15, 0.2) is 60.7 Å². The smallest absolute Gasteiger partial charge is 0.247 e. The third-order valence-electron chi connectivity index (χ3n) is 3.65. The molecule has 5 heteroatoms. The molecule has 0 unspecified atom stereocenters. The summed E-state index contributed by atoms with van der Waals surface area (Å²) >= 11 is 5.89. The van der Waals surface area contributed by atoms with Gasteiger partial charge in [-0.1, -0.05) is 54.1 Å². The van der Waals surface area contributed by atoms with Crippen molar-refractivity contribution in [1.29, 1.82) is 0 Å². The summed E-state index contributed by atoms with van der Waals surface area (Å²) in [4.78, 5) is 25.3. The highest BCUT2D eigenvalue weighted by Crippen LogP contribution is 2.22. The van der Waals surface area contributed by atoms with Crippen LogP contribution >= 0.6 is 11.6 Å². The van der Waals surface area contributed by atoms with Gasteiger partial charge in [0.1, 0.15) is 6.54 Å². The van der Waals surface area contributed by atoms with Crippen LogP contribution in [0.2, 0.25) is 5.02 Å². The van der Waals surface area contributed by atoms with Crippen molar-refractivity contribution >= 4 is 29.5 Å². The van der Waals surface area contributed by atoms with Gasteiger partial charge < -0.3 is 10.6 Å². The van der Waals surface area contributed by atoms with Crippen LogP contribution in [0.1, 0.15) is 24.1 Å². The molecule has 2 amide bonds. The minimum atomic E-state index is -0.558. The maximum atomic E-state index is 12.5. The van der Waals surface area contributed by atoms with Crippen LogP contribution < -0.4 is 5.73 Å². The number of carbonyl (C=O) groups excluding carboxylic acids is 2. The normalized spacial score (nSPS) is 12.1. The average Bonchev–Trinajstić information content (AvgIpc) is 2.58. The summed E-state index contributed by atoms with van der Waals surface area (Å²) in [5.74, 6) is -0.836. The van der Waals surface area contributed by atoms with Gasteiger partial charge in [0.05, 0.1) is 6.04 Å². The van der Waals surface area contributed by atoms with E-state index in [2.05, 4.69) is 0 Å². The number of benzene rings is 2. The third-order valence-corrected chi connectivity index (χ3v) is 3.90. The van der Waals surface area contributed by atoms with Crippen LogP contribution in [0, 0.1) is 0 Å². The number of nitrogens with zero attached hydrogens (tertiary/aromatic N) is 1. The first-order valence-electron chi connectivity index (χ1n) is 7.55. The van der Waals surface area contributed by atoms with Gasteiger partial charge in [-0.2, -0.15) is 0 Å². The summed E-state index contributed by atoms with van der Waals surface area (Å²) in [5, 5.41) is 0.614. The molecule has 0 radical (unpaired) electrons. The third kappa shape index (κ3) is 4.96. The molecule has 0 aliphatic heterocycles. The van der Waals surface area contributed by atoms with Gasteiger partial charge in [-0.3, -0.25) is 9.59 Å². The Hall–Kier alpha value is -2.59. The average molecular weight is 343 g/mol. The maximum Gasteiger partial charge on any atom is 0.247 e. The monoisotopic (exact) mass is 342 g/mol. The predicted octanol–water partition coefficient (Wildman–Crippen LogP) is 3.43. The highest BCUT2D eigenvalue weighted by molar-refractivity contribution is 6.30. The van der Waals surface area contributed by atoms with E-state index in [1.165, 1.54) is 11.0 Å². The second-order valence-electron chi connectivity index (χ2n) is 5.40. The first kappa shape index (κ1) is 17.8. The molecule has 0 bridgehead atoms. The lowest BCUT2D eigenvalue weighted by Crippen LogP contribution is -2.39. The van der Waals surface area contributed by atoms with Gasteiger partial charge in [0.2, 0.25) is 11.8 Å². The van der Waals surface area contributed by atoms with E-state index in [1.807, 2.05) is 49.4 Å². The number of hydrogen-bond donors (Lipinski definition) is 1. The minimum Gasteiger partial charge on any atom is -0.368 e. The fourth-order valence-corrected chi connectivity index (χ4v) is 2.45. The Balaban J connectivity index is 2.20. The Morgan fingerprint density at radius 1 is 1.12 bits per heavy atom. The van der Waals surface area contributed by atoms with E-state index in [0.29, 0.717) is 5.02 Å². The van der Waals surface area contributed by atoms with Crippen molar-refractivity contribution in [3.05, 3.63) is 76.8 Å². The van der Waals surface area contributed by atoms with Gasteiger partial charge in [-0.25, -0.2) is 0 Å². The van der Waals surface area contributed by atoms with Crippen LogP contribution in [-0.2, 0) is 9.59 Å². The highest BCUT2D eigenvalue weighted by Gasteiger charge is 2.21. The maximum absolute atomic E-state index is 12.5. The summed E-state index contributed by atoms with van der Waals surface area (Å²) in [6.45, 7) is 1.70. The Bertz CT molecular complexity index is 727. The van der Waals surface area contributed by atoms with E-state index in [-0.39, 0.29) is 18.5 Å². The zero-order valence-corrected chi connectivity index (χ0v) is 14.1. The van der Waals surface area contributed by atoms with Crippen LogP contribution in [0.25, 0.3) is 6.08 Å². The standard InChI is InChI=1S/C19H19ClN2O2/c1-14(16-8-10-17(20)11-9-16)22(13-18(21)23)19(24)12-7-15-5-3-2-4-6-15/h2-12,14H,13H2,1H3,(H2,21,23)/t14-/m1/s1. The van der Waals surface area contributed by atoms with Crippen molar-refractivity contribution in [2.45, 2.75) is 13.0 Å². The molecule has 2 rings (SSSR count). The van der Waals surface area contributed by atoms with Gasteiger partial charge >= 0.3 is 0 Å². The number of primary amides is 1. The lowest BCUT2D eigenvalue weighted by atomic mass is 10.1. The van der Waals surface area contributed by atoms with Crippen LogP contribution in [0.3, 0.4) is 0 Å². The molecule has 0 aromatic heterocycles. The molecule has 2 aromatic rings. The lowest BCUT2D eigenvalue weighted by molar-refractivity contribution is -0.133. The molecule has 0 spiro atoms. The topological polar surface area (TPSA) is 63.4 Å². The van der Waals surface area contributed by atoms with Crippen molar-refractivity contribution < 1.29 is 9.59 Å². The molecule has 2 aromatic carbocycles. The van der Waals surface area contributed by atoms with E-state index in [0.717, 1.165) is 11.1 Å². The molecule has 2 N–H and O–H groups in total. The molecular weight excluding hydrogens is 324 g/mol. The van der Waals surface area contributed by atoms with Crippen molar-refractivity contribution in [3.63, 3.8) is 0 Å². The summed E-state index contributed by atoms with van der Waals surface area (Å²) in [6, 6.07) is 16.3. The second kappa shape index (κ2) is 8.31. The Labute approximate surface area is 146 Å². The Morgan fingerprint density at radius 3 is 2.33 bits per heavy atom. The van der Waals surface area contributed by atoms with Gasteiger partial charge in [0.15, 0.2) is 0 Å². The van der Waals surface area contributed by atoms with Crippen molar-refractivity contribution in [3.8, 4) is 0 Å². The van der Waals surface area contributed by atoms with Crippen LogP contribution in [0.5, 0.6) is 0 Å². The number of rotatable bonds is 6. The second-order valence-corrected chi connectivity index (χ2v) is 5.84. The summed E-state index contributed by atoms with van der Waals surface area (Å²) < 4.78 is 0. The fraction of sp³-hybridized carbons (Fsp3) is 0.158. The molecule has 0 saturated heterocycles. The SMILES string of the molecule is C[C@H](c1ccc(Cl)cc1)N(CC(N)=O)C(=O)C=Cc1ccccc1. The number of hydrogen-bond acceptors (Lipinski definition) is 2.